The third kappa shape index (κ3) is 4.68. The summed E-state index contributed by atoms with van der Waals surface area (Å²) in [5, 5.41) is 19.1. The lowest BCUT2D eigenvalue weighted by Gasteiger charge is -2.16. The Kier molecular flexibility index (Phi) is 6.77. The third-order valence-corrected chi connectivity index (χ3v) is 7.88. The molecule has 0 unspecified atom stereocenters. The zero-order valence-corrected chi connectivity index (χ0v) is 22.4. The molecule has 0 saturated heterocycles. The Morgan fingerprint density at radius 3 is 2.45 bits per heavy atom. The quantitative estimate of drug-likeness (QED) is 0.345. The average Bonchev–Trinajstić information content (AvgIpc) is 3.39. The number of likely N-dealkylation sites (N-methyl/N-ethyl adjacent to an activating group) is 1. The van der Waals surface area contributed by atoms with E-state index < -0.39 is 12.0 Å². The molecule has 5 rings (SSSR count). The van der Waals surface area contributed by atoms with Crippen LogP contribution in [0.15, 0.2) is 65.7 Å². The van der Waals surface area contributed by atoms with E-state index >= 15 is 0 Å². The largest absolute Gasteiger partial charge is 0.481 e. The molecule has 0 bridgehead atoms. The Labute approximate surface area is 224 Å². The van der Waals surface area contributed by atoms with E-state index in [0.29, 0.717) is 17.4 Å². The second kappa shape index (κ2) is 10.2. The molecule has 0 aliphatic carbocycles. The summed E-state index contributed by atoms with van der Waals surface area (Å²) < 4.78 is 1.93. The number of amides is 1. The van der Waals surface area contributed by atoms with E-state index in [9.17, 15) is 14.7 Å². The van der Waals surface area contributed by atoms with E-state index in [1.165, 1.54) is 0 Å². The van der Waals surface area contributed by atoms with Crippen molar-refractivity contribution in [2.45, 2.75) is 33.2 Å². The first-order valence-electron chi connectivity index (χ1n) is 12.2. The first kappa shape index (κ1) is 25.3. The van der Waals surface area contributed by atoms with Gasteiger partial charge in [0.15, 0.2) is 5.82 Å². The van der Waals surface area contributed by atoms with Crippen LogP contribution in [0.4, 0.5) is 5.69 Å². The number of aliphatic carboxylic acids is 1. The highest BCUT2D eigenvalue weighted by Crippen LogP contribution is 2.39. The number of anilines is 1. The summed E-state index contributed by atoms with van der Waals surface area (Å²) in [4.78, 5) is 32.2. The maximum Gasteiger partial charge on any atom is 0.306 e. The van der Waals surface area contributed by atoms with Gasteiger partial charge in [0.1, 0.15) is 16.9 Å². The second-order valence-electron chi connectivity index (χ2n) is 9.18. The van der Waals surface area contributed by atoms with E-state index in [1.807, 2.05) is 66.1 Å². The van der Waals surface area contributed by atoms with Crippen molar-refractivity contribution in [3.63, 3.8) is 0 Å². The fourth-order valence-electron chi connectivity index (χ4n) is 4.50. The minimum atomic E-state index is -0.956. The fourth-order valence-corrected chi connectivity index (χ4v) is 5.72. The molecule has 1 atom stereocenters. The van der Waals surface area contributed by atoms with Gasteiger partial charge in [-0.05, 0) is 50.1 Å². The van der Waals surface area contributed by atoms with Gasteiger partial charge in [0.2, 0.25) is 0 Å². The van der Waals surface area contributed by atoms with Crippen LogP contribution in [0.3, 0.4) is 0 Å². The van der Waals surface area contributed by atoms with Crippen molar-refractivity contribution in [3.8, 4) is 5.00 Å². The second-order valence-corrected chi connectivity index (χ2v) is 10.4. The number of carbonyl (C=O) groups is 2. The number of aromatic nitrogens is 3. The molecule has 3 heterocycles. The van der Waals surface area contributed by atoms with Gasteiger partial charge in [-0.2, -0.15) is 0 Å². The molecule has 0 spiro atoms. The highest BCUT2D eigenvalue weighted by Gasteiger charge is 2.32. The fraction of sp³-hybridized carbons (Fsp3) is 0.207. The number of fused-ring (bicyclic) bond motifs is 3. The molecule has 0 saturated carbocycles. The topological polar surface area (TPSA) is 101 Å². The summed E-state index contributed by atoms with van der Waals surface area (Å²) in [5.74, 6) is 0.111. The molecule has 1 aliphatic heterocycles. The van der Waals surface area contributed by atoms with Gasteiger partial charge >= 0.3 is 5.97 Å². The predicted octanol–water partition coefficient (Wildman–Crippen LogP) is 5.30. The van der Waals surface area contributed by atoms with Gasteiger partial charge < -0.3 is 10.0 Å². The van der Waals surface area contributed by atoms with Crippen LogP contribution >= 0.6 is 11.3 Å². The number of hydrogen-bond acceptors (Lipinski definition) is 6. The molecule has 0 radical (unpaired) electrons. The minimum absolute atomic E-state index is 0.144. The number of carboxylic acids is 1. The van der Waals surface area contributed by atoms with Crippen molar-refractivity contribution < 1.29 is 14.7 Å². The van der Waals surface area contributed by atoms with Crippen molar-refractivity contribution in [2.75, 3.05) is 11.9 Å². The molecule has 192 valence electrons. The number of nitrogens with zero attached hydrogens (tertiary/aromatic N) is 5. The molecule has 8 nitrogen and oxygen atoms in total. The number of benzene rings is 2. The summed E-state index contributed by atoms with van der Waals surface area (Å²) in [5.41, 5.74) is 5.27. The van der Waals surface area contributed by atoms with Crippen LogP contribution in [0.5, 0.6) is 0 Å². The van der Waals surface area contributed by atoms with Gasteiger partial charge in [-0.25, -0.2) is 0 Å². The van der Waals surface area contributed by atoms with E-state index in [0.717, 1.165) is 37.8 Å². The van der Waals surface area contributed by atoms with Crippen LogP contribution in [-0.2, 0) is 9.59 Å². The van der Waals surface area contributed by atoms with Crippen molar-refractivity contribution in [3.05, 3.63) is 99.5 Å². The Morgan fingerprint density at radius 1 is 1.05 bits per heavy atom. The van der Waals surface area contributed by atoms with Gasteiger partial charge in [0.05, 0.1) is 12.1 Å². The van der Waals surface area contributed by atoms with Crippen LogP contribution in [0, 0.1) is 20.8 Å². The Bertz CT molecular complexity index is 1580. The standard InChI is InChI=1S/C29H27N5O3S/c1-17-18(2)38-29-26(17)27(30-23(16-25(36)37)28-32-31-19(3)34(28)29)21-11-13-22(14-12-21)33(4)24(35)15-10-20-8-6-5-7-9-20/h5-15,23H,16H2,1-4H3,(H,36,37)/b15-10+/t23-/m0/s1. The smallest absolute Gasteiger partial charge is 0.306 e. The zero-order valence-electron chi connectivity index (χ0n) is 21.5. The third-order valence-electron chi connectivity index (χ3n) is 6.68. The highest BCUT2D eigenvalue weighted by atomic mass is 32.1. The van der Waals surface area contributed by atoms with Crippen molar-refractivity contribution in [1.29, 1.82) is 0 Å². The molecular weight excluding hydrogens is 498 g/mol. The molecule has 4 aromatic rings. The van der Waals surface area contributed by atoms with Crippen LogP contribution in [-0.4, -0.2) is 44.5 Å². The van der Waals surface area contributed by atoms with Crippen molar-refractivity contribution in [2.24, 2.45) is 4.99 Å². The molecule has 2 aromatic heterocycles. The number of rotatable bonds is 6. The molecule has 1 N–H and O–H groups in total. The van der Waals surface area contributed by atoms with Crippen LogP contribution < -0.4 is 4.90 Å². The molecule has 0 fully saturated rings. The van der Waals surface area contributed by atoms with E-state index in [1.54, 1.807) is 35.4 Å². The summed E-state index contributed by atoms with van der Waals surface area (Å²) in [6, 6.07) is 16.6. The summed E-state index contributed by atoms with van der Waals surface area (Å²) in [7, 11) is 1.73. The number of aryl methyl sites for hydroxylation is 2. The van der Waals surface area contributed by atoms with Gasteiger partial charge in [0.25, 0.3) is 5.91 Å². The molecular formula is C29H27N5O3S. The van der Waals surface area contributed by atoms with Gasteiger partial charge in [-0.1, -0.05) is 42.5 Å². The van der Waals surface area contributed by atoms with Crippen LogP contribution in [0.1, 0.15) is 51.2 Å². The number of carbonyl (C=O) groups excluding carboxylic acids is 1. The molecule has 2 aromatic carbocycles. The minimum Gasteiger partial charge on any atom is -0.481 e. The maximum absolute atomic E-state index is 12.8. The molecule has 9 heteroatoms. The van der Waals surface area contributed by atoms with Gasteiger partial charge in [-0.3, -0.25) is 19.1 Å². The normalized spacial score (nSPS) is 14.5. The summed E-state index contributed by atoms with van der Waals surface area (Å²) >= 11 is 1.62. The lowest BCUT2D eigenvalue weighted by molar-refractivity contribution is -0.137. The number of hydrogen-bond donors (Lipinski definition) is 1. The first-order chi connectivity index (χ1) is 18.2. The monoisotopic (exact) mass is 525 g/mol. The number of aliphatic imine (C=N–C) groups is 1. The van der Waals surface area contributed by atoms with E-state index in [2.05, 4.69) is 24.0 Å². The average molecular weight is 526 g/mol. The number of carboxylic acid groups (broad SMARTS) is 1. The SMILES string of the molecule is Cc1sc2c(c1C)C(c1ccc(N(C)C(=O)/C=C/c3ccccc3)cc1)=N[C@@H](CC(=O)O)c1nnc(C)n1-2. The number of thiophene rings is 1. The van der Waals surface area contributed by atoms with E-state index in [4.69, 9.17) is 4.99 Å². The summed E-state index contributed by atoms with van der Waals surface area (Å²) in [6.45, 7) is 5.98. The molecule has 1 amide bonds. The van der Waals surface area contributed by atoms with Crippen molar-refractivity contribution >= 4 is 40.7 Å². The first-order valence-corrected chi connectivity index (χ1v) is 13.0. The van der Waals surface area contributed by atoms with Crippen molar-refractivity contribution in [1.82, 2.24) is 14.8 Å². The van der Waals surface area contributed by atoms with Crippen LogP contribution in [0.25, 0.3) is 11.1 Å². The highest BCUT2D eigenvalue weighted by molar-refractivity contribution is 7.15. The Morgan fingerprint density at radius 2 is 1.76 bits per heavy atom. The Balaban J connectivity index is 1.52. The predicted molar refractivity (Wildman–Crippen MR) is 149 cm³/mol. The van der Waals surface area contributed by atoms with Crippen LogP contribution in [0.2, 0.25) is 0 Å². The lowest BCUT2D eigenvalue weighted by atomic mass is 9.99. The molecule has 1 aliphatic rings. The summed E-state index contributed by atoms with van der Waals surface area (Å²) in [6.07, 6.45) is 3.15. The molecule has 38 heavy (non-hydrogen) atoms. The van der Waals surface area contributed by atoms with Gasteiger partial charge in [-0.15, -0.1) is 21.5 Å². The zero-order chi connectivity index (χ0) is 27.0. The van der Waals surface area contributed by atoms with Gasteiger partial charge in [0, 0.05) is 34.8 Å². The van der Waals surface area contributed by atoms with E-state index in [-0.39, 0.29) is 12.3 Å². The maximum atomic E-state index is 12.8. The lowest BCUT2D eigenvalue weighted by Crippen LogP contribution is -2.24. The Hall–Kier alpha value is -4.37.